The van der Waals surface area contributed by atoms with Crippen LogP contribution in [0.25, 0.3) is 91.1 Å². The van der Waals surface area contributed by atoms with Gasteiger partial charge in [-0.3, -0.25) is 0 Å². The summed E-state index contributed by atoms with van der Waals surface area (Å²) in [5.41, 5.74) is -0.0369. The maximum atomic E-state index is 15.6. The predicted octanol–water partition coefficient (Wildman–Crippen LogP) is 19.9. The van der Waals surface area contributed by atoms with Crippen LogP contribution in [0.5, 0.6) is 0 Å². The molecule has 0 atom stereocenters. The zero-order chi connectivity index (χ0) is 77.2. The number of hydrogen-bond acceptors (Lipinski definition) is 13. The first-order chi connectivity index (χ1) is 51.9. The Hall–Kier alpha value is -10.9. The summed E-state index contributed by atoms with van der Waals surface area (Å²) < 4.78 is 116. The SMILES string of the molecule is CC(c1cccc(-c2nc(-c3ccccc3)nc(-c3ccccc3)n2)c1)(c1cccc(-c2nc(-c3ccccc3)nc(-c3ccccc3)n2)c1)C(F)(F)F.CC1(C)OB(c2cccc(C(C)(c3cccc(B4OC(C)(C)C(C)(C)O4)c3)C(F)(F)F)c2)OC1(C)C.Clc1nc(-c2ccccc2)nc(-c2ccccc2)n1. The van der Waals surface area contributed by atoms with Gasteiger partial charge in [0.2, 0.25) is 5.28 Å². The Bertz CT molecular complexity index is 4900. The largest absolute Gasteiger partial charge is 0.494 e. The van der Waals surface area contributed by atoms with Crippen LogP contribution in [0.15, 0.2) is 279 Å². The van der Waals surface area contributed by atoms with Crippen molar-refractivity contribution >= 4 is 36.8 Å². The number of benzene rings is 10. The molecule has 0 bridgehead atoms. The molecular weight excluding hydrogens is 1410 g/mol. The maximum Gasteiger partial charge on any atom is 0.494 e. The molecule has 548 valence electrons. The summed E-state index contributed by atoms with van der Waals surface area (Å²) in [7, 11) is -1.52. The monoisotopic (exact) mass is 1480 g/mol. The highest BCUT2D eigenvalue weighted by Gasteiger charge is 2.57. The fourth-order valence-corrected chi connectivity index (χ4v) is 12.7. The van der Waals surface area contributed by atoms with Gasteiger partial charge in [-0.1, -0.05) is 267 Å². The van der Waals surface area contributed by atoms with Gasteiger partial charge in [0.05, 0.1) is 22.4 Å². The Balaban J connectivity index is 0.000000162. The number of halogens is 7. The second-order valence-corrected chi connectivity index (χ2v) is 29.2. The summed E-state index contributed by atoms with van der Waals surface area (Å²) in [6, 6.07) is 82.6. The van der Waals surface area contributed by atoms with Gasteiger partial charge in [-0.05, 0) is 126 Å². The fourth-order valence-electron chi connectivity index (χ4n) is 12.5. The Labute approximate surface area is 635 Å². The van der Waals surface area contributed by atoms with Gasteiger partial charge in [-0.2, -0.15) is 36.3 Å². The molecule has 2 saturated heterocycles. The van der Waals surface area contributed by atoms with E-state index in [1.54, 1.807) is 48.5 Å². The van der Waals surface area contributed by atoms with E-state index in [0.29, 0.717) is 57.0 Å². The third kappa shape index (κ3) is 16.2. The molecule has 0 N–H and O–H groups in total. The Morgan fingerprint density at radius 1 is 0.257 bits per heavy atom. The number of rotatable bonds is 14. The minimum Gasteiger partial charge on any atom is -0.399 e. The van der Waals surface area contributed by atoms with Crippen molar-refractivity contribution < 1.29 is 45.0 Å². The van der Waals surface area contributed by atoms with E-state index in [1.807, 2.05) is 237 Å². The summed E-state index contributed by atoms with van der Waals surface area (Å²) in [5.74, 6) is 3.34. The van der Waals surface area contributed by atoms with Crippen LogP contribution in [0.2, 0.25) is 5.28 Å². The van der Waals surface area contributed by atoms with Gasteiger partial charge in [-0.25, -0.2) is 34.9 Å². The topological polar surface area (TPSA) is 153 Å². The quantitative estimate of drug-likeness (QED) is 0.0750. The lowest BCUT2D eigenvalue weighted by atomic mass is 9.69. The summed E-state index contributed by atoms with van der Waals surface area (Å²) >= 11 is 5.99. The molecule has 0 aliphatic carbocycles. The highest BCUT2D eigenvalue weighted by atomic mass is 35.5. The first kappa shape index (κ1) is 76.3. The van der Waals surface area contributed by atoms with E-state index >= 15 is 13.2 Å². The highest BCUT2D eigenvalue weighted by molar-refractivity contribution is 6.62. The van der Waals surface area contributed by atoms with Gasteiger partial charge in [0.25, 0.3) is 0 Å². The second kappa shape index (κ2) is 30.6. The van der Waals surface area contributed by atoms with Crippen LogP contribution in [0.4, 0.5) is 26.3 Å². The molecule has 2 aliphatic rings. The summed E-state index contributed by atoms with van der Waals surface area (Å²) in [5, 5.41) is 0.202. The predicted molar refractivity (Wildman–Crippen MR) is 417 cm³/mol. The summed E-state index contributed by atoms with van der Waals surface area (Å²) in [4.78, 5) is 41.3. The van der Waals surface area contributed by atoms with Crippen molar-refractivity contribution in [2.75, 3.05) is 0 Å². The first-order valence-corrected chi connectivity index (χ1v) is 35.8. The lowest BCUT2D eigenvalue weighted by Gasteiger charge is -2.34. The van der Waals surface area contributed by atoms with Crippen molar-refractivity contribution in [2.45, 2.75) is 115 Å². The number of hydrogen-bond donors (Lipinski definition) is 0. The number of nitrogens with zero attached hydrogens (tertiary/aromatic N) is 9. The van der Waals surface area contributed by atoms with Crippen LogP contribution >= 0.6 is 11.6 Å². The van der Waals surface area contributed by atoms with Crippen molar-refractivity contribution in [3.63, 3.8) is 0 Å². The first-order valence-electron chi connectivity index (χ1n) is 35.4. The van der Waals surface area contributed by atoms with Crippen LogP contribution in [-0.2, 0) is 29.4 Å². The van der Waals surface area contributed by atoms with Gasteiger partial charge in [0, 0.05) is 44.5 Å². The normalized spacial score (nSPS) is 15.1. The standard InChI is InChI=1S/C45H31F3N6.C27H35B2F3O4.C15H10ClN3/c1-44(45(46,47)48,36-26-14-24-34(28-36)42-51-38(30-16-6-2-7-17-30)49-39(52-42)31-18-8-3-9-19-31)37-27-15-25-35(29-37)43-53-40(32-20-10-4-11-21-32)50-41(54-43)33-22-12-5-13-23-33;1-22(2)23(3,4)34-28(33-22)20-14-10-12-18(16-20)26(9,27(30,31)32)19-13-11-15-21(17-19)29-35-24(5,6)25(7,8)36-29;16-15-18-13(11-7-3-1-4-8-11)17-14(19-15)12-9-5-2-6-10-12/h2-29H,1H3;10-17H,1-9H3;1-10H. The summed E-state index contributed by atoms with van der Waals surface area (Å²) in [6.07, 6.45) is -9.27. The molecule has 0 spiro atoms. The minimum atomic E-state index is -4.70. The van der Waals surface area contributed by atoms with Crippen molar-refractivity contribution in [3.8, 4) is 91.1 Å². The van der Waals surface area contributed by atoms with Crippen LogP contribution in [-0.4, -0.2) is 93.8 Å². The van der Waals surface area contributed by atoms with E-state index in [4.69, 9.17) is 60.1 Å². The van der Waals surface area contributed by atoms with Crippen LogP contribution in [0.3, 0.4) is 0 Å². The van der Waals surface area contributed by atoms with E-state index in [1.165, 1.54) is 62.4 Å². The second-order valence-electron chi connectivity index (χ2n) is 28.9. The van der Waals surface area contributed by atoms with Gasteiger partial charge in [0.1, 0.15) is 10.8 Å². The maximum absolute atomic E-state index is 15.6. The van der Waals surface area contributed by atoms with Crippen LogP contribution in [0.1, 0.15) is 91.5 Å². The van der Waals surface area contributed by atoms with Crippen LogP contribution < -0.4 is 10.9 Å². The molecule has 13 nitrogen and oxygen atoms in total. The average molecular weight is 1480 g/mol. The van der Waals surface area contributed by atoms with Gasteiger partial charge < -0.3 is 18.6 Å². The number of aromatic nitrogens is 9. The molecule has 0 unspecified atom stereocenters. The lowest BCUT2D eigenvalue weighted by molar-refractivity contribution is -0.173. The molecule has 22 heteroatoms. The Morgan fingerprint density at radius 2 is 0.450 bits per heavy atom. The molecule has 15 rings (SSSR count). The highest BCUT2D eigenvalue weighted by Crippen LogP contribution is 2.49. The van der Waals surface area contributed by atoms with Crippen molar-refractivity contribution in [3.05, 3.63) is 307 Å². The minimum absolute atomic E-state index is 0.0261. The molecule has 3 aromatic heterocycles. The molecule has 13 aromatic rings. The molecular formula is C87H76B2ClF6N9O4. The van der Waals surface area contributed by atoms with E-state index in [2.05, 4.69) is 15.0 Å². The third-order valence-electron chi connectivity index (χ3n) is 20.6. The molecule has 2 fully saturated rings. The van der Waals surface area contributed by atoms with E-state index in [9.17, 15) is 13.2 Å². The van der Waals surface area contributed by atoms with Crippen molar-refractivity contribution in [1.29, 1.82) is 0 Å². The molecule has 0 saturated carbocycles. The van der Waals surface area contributed by atoms with Gasteiger partial charge in [0.15, 0.2) is 46.6 Å². The Morgan fingerprint density at radius 3 is 0.679 bits per heavy atom. The molecule has 109 heavy (non-hydrogen) atoms. The van der Waals surface area contributed by atoms with Crippen LogP contribution in [0, 0.1) is 0 Å². The Kier molecular flexibility index (Phi) is 21.4. The van der Waals surface area contributed by atoms with Crippen molar-refractivity contribution in [2.24, 2.45) is 0 Å². The molecule has 2 aliphatic heterocycles. The van der Waals surface area contributed by atoms with Gasteiger partial charge in [-0.15, -0.1) is 0 Å². The fraction of sp³-hybridized carbons (Fsp3) is 0.207. The molecule has 0 amide bonds. The molecule has 0 radical (unpaired) electrons. The third-order valence-corrected chi connectivity index (χ3v) is 20.7. The lowest BCUT2D eigenvalue weighted by Crippen LogP contribution is -2.44. The summed E-state index contributed by atoms with van der Waals surface area (Å²) in [6.45, 7) is 17.7. The zero-order valence-corrected chi connectivity index (χ0v) is 62.3. The van der Waals surface area contributed by atoms with E-state index < -0.39 is 59.8 Å². The molecule has 10 aromatic carbocycles. The smallest absolute Gasteiger partial charge is 0.399 e. The van der Waals surface area contributed by atoms with Gasteiger partial charge >= 0.3 is 26.6 Å². The zero-order valence-electron chi connectivity index (χ0n) is 61.5. The van der Waals surface area contributed by atoms with E-state index in [-0.39, 0.29) is 39.2 Å². The average Bonchev–Trinajstić information content (AvgIpc) is 1.56. The molecule has 5 heterocycles. The van der Waals surface area contributed by atoms with Crippen molar-refractivity contribution in [1.82, 2.24) is 44.9 Å². The van der Waals surface area contributed by atoms with E-state index in [0.717, 1.165) is 33.4 Å². The number of alkyl halides is 6.